The van der Waals surface area contributed by atoms with Crippen molar-refractivity contribution in [3.8, 4) is 0 Å². The van der Waals surface area contributed by atoms with Crippen LogP contribution in [0.3, 0.4) is 0 Å². The van der Waals surface area contributed by atoms with E-state index in [1.54, 1.807) is 6.20 Å². The van der Waals surface area contributed by atoms with E-state index in [0.717, 1.165) is 13.0 Å². The molecule has 1 fully saturated rings. The molecule has 58 valence electrons. The van der Waals surface area contributed by atoms with Crippen molar-refractivity contribution in [1.29, 1.82) is 0 Å². The summed E-state index contributed by atoms with van der Waals surface area (Å²) < 4.78 is 5.03. The monoisotopic (exact) mass is 143 g/mol. The zero-order valence-corrected chi connectivity index (χ0v) is 5.92. The lowest BCUT2D eigenvalue weighted by atomic mass is 10.1. The summed E-state index contributed by atoms with van der Waals surface area (Å²) in [7, 11) is 0. The average molecular weight is 143 g/mol. The molecule has 1 heterocycles. The lowest BCUT2D eigenvalue weighted by Crippen LogP contribution is -2.44. The molecule has 0 aromatic carbocycles. The third-order valence-electron chi connectivity index (χ3n) is 1.66. The van der Waals surface area contributed by atoms with Gasteiger partial charge in [0.2, 0.25) is 0 Å². The normalized spacial score (nSPS) is 33.3. The van der Waals surface area contributed by atoms with Crippen LogP contribution in [0.5, 0.6) is 0 Å². The van der Waals surface area contributed by atoms with Gasteiger partial charge in [-0.2, -0.15) is 0 Å². The molecular formula is C7H13NO2. The molecule has 1 unspecified atom stereocenters. The molecule has 2 N–H and O–H groups in total. The SMILES string of the molecule is C=CNC1CCOC[C@H]1O. The Labute approximate surface area is 60.7 Å². The molecule has 1 rings (SSSR count). The summed E-state index contributed by atoms with van der Waals surface area (Å²) in [5.74, 6) is 0. The van der Waals surface area contributed by atoms with Crippen molar-refractivity contribution >= 4 is 0 Å². The van der Waals surface area contributed by atoms with Crippen molar-refractivity contribution in [3.63, 3.8) is 0 Å². The highest BCUT2D eigenvalue weighted by molar-refractivity contribution is 4.82. The molecule has 0 radical (unpaired) electrons. The number of rotatable bonds is 2. The molecule has 0 saturated carbocycles. The maximum absolute atomic E-state index is 9.26. The Hall–Kier alpha value is -0.540. The van der Waals surface area contributed by atoms with Crippen LogP contribution in [0.25, 0.3) is 0 Å². The summed E-state index contributed by atoms with van der Waals surface area (Å²) in [4.78, 5) is 0. The Morgan fingerprint density at radius 1 is 1.70 bits per heavy atom. The highest BCUT2D eigenvalue weighted by Crippen LogP contribution is 2.06. The second kappa shape index (κ2) is 3.58. The quantitative estimate of drug-likeness (QED) is 0.565. The van der Waals surface area contributed by atoms with Crippen molar-refractivity contribution in [2.24, 2.45) is 0 Å². The van der Waals surface area contributed by atoms with E-state index in [2.05, 4.69) is 11.9 Å². The topological polar surface area (TPSA) is 41.5 Å². The Kier molecular flexibility index (Phi) is 2.71. The molecule has 1 aliphatic heterocycles. The molecule has 3 heteroatoms. The first-order valence-corrected chi connectivity index (χ1v) is 3.47. The predicted octanol–water partition coefficient (Wildman–Crippen LogP) is -0.131. The molecule has 3 nitrogen and oxygen atoms in total. The van der Waals surface area contributed by atoms with E-state index in [0.29, 0.717) is 6.61 Å². The van der Waals surface area contributed by atoms with E-state index in [1.165, 1.54) is 0 Å². The van der Waals surface area contributed by atoms with Crippen LogP contribution >= 0.6 is 0 Å². The van der Waals surface area contributed by atoms with Crippen molar-refractivity contribution in [2.45, 2.75) is 18.6 Å². The number of aliphatic hydroxyl groups excluding tert-OH is 1. The summed E-state index contributed by atoms with van der Waals surface area (Å²) in [6.07, 6.45) is 2.08. The fraction of sp³-hybridized carbons (Fsp3) is 0.714. The van der Waals surface area contributed by atoms with Gasteiger partial charge >= 0.3 is 0 Å². The predicted molar refractivity (Wildman–Crippen MR) is 38.6 cm³/mol. The minimum absolute atomic E-state index is 0.131. The lowest BCUT2D eigenvalue weighted by molar-refractivity contribution is -0.0244. The van der Waals surface area contributed by atoms with Crippen LogP contribution in [0.1, 0.15) is 6.42 Å². The summed E-state index contributed by atoms with van der Waals surface area (Å²) >= 11 is 0. The summed E-state index contributed by atoms with van der Waals surface area (Å²) in [6.45, 7) is 4.69. The Morgan fingerprint density at radius 3 is 3.10 bits per heavy atom. The minimum Gasteiger partial charge on any atom is -0.389 e. The van der Waals surface area contributed by atoms with Gasteiger partial charge in [0.15, 0.2) is 0 Å². The maximum atomic E-state index is 9.26. The highest BCUT2D eigenvalue weighted by Gasteiger charge is 2.21. The Morgan fingerprint density at radius 2 is 2.50 bits per heavy atom. The van der Waals surface area contributed by atoms with Crippen molar-refractivity contribution in [2.75, 3.05) is 13.2 Å². The Bertz CT molecular complexity index is 116. The van der Waals surface area contributed by atoms with Crippen LogP contribution < -0.4 is 5.32 Å². The van der Waals surface area contributed by atoms with E-state index < -0.39 is 0 Å². The van der Waals surface area contributed by atoms with E-state index in [4.69, 9.17) is 4.74 Å². The van der Waals surface area contributed by atoms with E-state index in [1.807, 2.05) is 0 Å². The van der Waals surface area contributed by atoms with Gasteiger partial charge in [-0.15, -0.1) is 0 Å². The van der Waals surface area contributed by atoms with Crippen LogP contribution in [0, 0.1) is 0 Å². The molecule has 0 aromatic rings. The first-order valence-electron chi connectivity index (χ1n) is 3.47. The average Bonchev–Trinajstić information content (AvgIpc) is 1.94. The van der Waals surface area contributed by atoms with E-state index in [-0.39, 0.29) is 12.1 Å². The first kappa shape index (κ1) is 7.57. The zero-order chi connectivity index (χ0) is 7.40. The largest absolute Gasteiger partial charge is 0.389 e. The standard InChI is InChI=1S/C7H13NO2/c1-2-8-6-3-4-10-5-7(6)9/h2,6-9H,1,3-5H2/t6?,7-/m1/s1. The molecule has 0 aliphatic carbocycles. The molecule has 0 amide bonds. The van der Waals surface area contributed by atoms with Gasteiger partial charge in [0.25, 0.3) is 0 Å². The van der Waals surface area contributed by atoms with Gasteiger partial charge in [0, 0.05) is 6.61 Å². The number of hydrogen-bond donors (Lipinski definition) is 2. The number of aliphatic hydroxyl groups is 1. The Balaban J connectivity index is 2.32. The van der Waals surface area contributed by atoms with Crippen LogP contribution in [-0.2, 0) is 4.74 Å². The van der Waals surface area contributed by atoms with Gasteiger partial charge in [-0.25, -0.2) is 0 Å². The van der Waals surface area contributed by atoms with Gasteiger partial charge in [-0.1, -0.05) is 6.58 Å². The number of nitrogens with one attached hydrogen (secondary N) is 1. The molecule has 0 bridgehead atoms. The second-order valence-corrected chi connectivity index (χ2v) is 2.41. The van der Waals surface area contributed by atoms with Crippen LogP contribution in [0.15, 0.2) is 12.8 Å². The maximum Gasteiger partial charge on any atom is 0.0974 e. The van der Waals surface area contributed by atoms with Gasteiger partial charge < -0.3 is 15.2 Å². The molecule has 0 aromatic heterocycles. The van der Waals surface area contributed by atoms with Gasteiger partial charge in [-0.05, 0) is 12.6 Å². The fourth-order valence-electron chi connectivity index (χ4n) is 1.07. The van der Waals surface area contributed by atoms with Gasteiger partial charge in [0.05, 0.1) is 18.8 Å². The van der Waals surface area contributed by atoms with Crippen LogP contribution in [0.4, 0.5) is 0 Å². The molecule has 2 atom stereocenters. The summed E-state index contributed by atoms with van der Waals surface area (Å²) in [5.41, 5.74) is 0. The summed E-state index contributed by atoms with van der Waals surface area (Å²) in [6, 6.07) is 0.131. The minimum atomic E-state index is -0.383. The zero-order valence-electron chi connectivity index (χ0n) is 5.92. The van der Waals surface area contributed by atoms with Gasteiger partial charge in [0.1, 0.15) is 0 Å². The van der Waals surface area contributed by atoms with E-state index in [9.17, 15) is 5.11 Å². The lowest BCUT2D eigenvalue weighted by Gasteiger charge is -2.27. The van der Waals surface area contributed by atoms with Crippen LogP contribution in [0.2, 0.25) is 0 Å². The molecule has 0 spiro atoms. The second-order valence-electron chi connectivity index (χ2n) is 2.41. The third kappa shape index (κ3) is 1.72. The van der Waals surface area contributed by atoms with E-state index >= 15 is 0 Å². The van der Waals surface area contributed by atoms with Gasteiger partial charge in [-0.3, -0.25) is 0 Å². The molecular weight excluding hydrogens is 130 g/mol. The smallest absolute Gasteiger partial charge is 0.0974 e. The fourth-order valence-corrected chi connectivity index (χ4v) is 1.07. The highest BCUT2D eigenvalue weighted by atomic mass is 16.5. The molecule has 10 heavy (non-hydrogen) atoms. The number of ether oxygens (including phenoxy) is 1. The molecule has 1 aliphatic rings. The molecule has 1 saturated heterocycles. The third-order valence-corrected chi connectivity index (χ3v) is 1.66. The van der Waals surface area contributed by atoms with Crippen molar-refractivity contribution in [3.05, 3.63) is 12.8 Å². The number of hydrogen-bond acceptors (Lipinski definition) is 3. The summed E-state index contributed by atoms with van der Waals surface area (Å²) in [5, 5.41) is 12.2. The van der Waals surface area contributed by atoms with Crippen LogP contribution in [-0.4, -0.2) is 30.5 Å². The first-order chi connectivity index (χ1) is 4.84. The van der Waals surface area contributed by atoms with Crippen molar-refractivity contribution in [1.82, 2.24) is 5.32 Å². The van der Waals surface area contributed by atoms with Crippen molar-refractivity contribution < 1.29 is 9.84 Å².